The largest absolute Gasteiger partial charge is 0.379 e. The van der Waals surface area contributed by atoms with Crippen LogP contribution in [0.2, 0.25) is 0 Å². The number of benzene rings is 1. The molecule has 5 heteroatoms. The lowest BCUT2D eigenvalue weighted by Gasteiger charge is -2.07. The van der Waals surface area contributed by atoms with E-state index in [1.54, 1.807) is 0 Å². The van der Waals surface area contributed by atoms with Crippen molar-refractivity contribution in [2.75, 3.05) is 5.32 Å². The Balaban J connectivity index is 2.09. The van der Waals surface area contributed by atoms with Gasteiger partial charge >= 0.3 is 0 Å². The van der Waals surface area contributed by atoms with Gasteiger partial charge < -0.3 is 5.32 Å². The van der Waals surface area contributed by atoms with Gasteiger partial charge in [-0.1, -0.05) is 15.9 Å². The molecular formula is C12H13Br2N3. The van der Waals surface area contributed by atoms with Gasteiger partial charge in [0.15, 0.2) is 0 Å². The van der Waals surface area contributed by atoms with Crippen molar-refractivity contribution in [2.24, 2.45) is 7.05 Å². The normalized spacial score (nSPS) is 10.6. The molecule has 0 unspecified atom stereocenters. The van der Waals surface area contributed by atoms with E-state index in [1.165, 1.54) is 0 Å². The van der Waals surface area contributed by atoms with Crippen LogP contribution >= 0.6 is 31.9 Å². The maximum atomic E-state index is 4.36. The van der Waals surface area contributed by atoms with E-state index in [2.05, 4.69) is 42.3 Å². The molecule has 90 valence electrons. The highest BCUT2D eigenvalue weighted by molar-refractivity contribution is 9.10. The molecule has 1 aromatic carbocycles. The zero-order valence-corrected chi connectivity index (χ0v) is 12.8. The van der Waals surface area contributed by atoms with E-state index in [1.807, 2.05) is 42.9 Å². The fourth-order valence-corrected chi connectivity index (χ4v) is 2.37. The summed E-state index contributed by atoms with van der Waals surface area (Å²) in [4.78, 5) is 0. The maximum Gasteiger partial charge on any atom is 0.0739 e. The van der Waals surface area contributed by atoms with Crippen molar-refractivity contribution in [3.05, 3.63) is 44.6 Å². The Hall–Kier alpha value is -0.810. The van der Waals surface area contributed by atoms with E-state index in [0.29, 0.717) is 0 Å². The lowest BCUT2D eigenvalue weighted by molar-refractivity contribution is 0.712. The summed E-state index contributed by atoms with van der Waals surface area (Å²) >= 11 is 6.97. The average molecular weight is 359 g/mol. The highest BCUT2D eigenvalue weighted by atomic mass is 79.9. The summed E-state index contributed by atoms with van der Waals surface area (Å²) in [6.07, 6.45) is 0. The number of hydrogen-bond acceptors (Lipinski definition) is 2. The van der Waals surface area contributed by atoms with E-state index in [4.69, 9.17) is 0 Å². The molecule has 17 heavy (non-hydrogen) atoms. The third-order valence-electron chi connectivity index (χ3n) is 2.57. The summed E-state index contributed by atoms with van der Waals surface area (Å²) in [5.41, 5.74) is 3.25. The third-order valence-corrected chi connectivity index (χ3v) is 4.13. The van der Waals surface area contributed by atoms with Gasteiger partial charge in [-0.3, -0.25) is 4.68 Å². The zero-order chi connectivity index (χ0) is 12.4. The molecule has 0 radical (unpaired) electrons. The average Bonchev–Trinajstić information content (AvgIpc) is 2.54. The fraction of sp³-hybridized carbons (Fsp3) is 0.250. The molecule has 1 N–H and O–H groups in total. The Morgan fingerprint density at radius 1 is 1.24 bits per heavy atom. The van der Waals surface area contributed by atoms with Crippen LogP contribution in [0.4, 0.5) is 5.69 Å². The van der Waals surface area contributed by atoms with Gasteiger partial charge in [-0.05, 0) is 47.1 Å². The molecule has 0 saturated heterocycles. The molecular weight excluding hydrogens is 346 g/mol. The molecule has 0 spiro atoms. The van der Waals surface area contributed by atoms with Gasteiger partial charge in [0, 0.05) is 17.2 Å². The molecule has 0 aliphatic rings. The van der Waals surface area contributed by atoms with Gasteiger partial charge in [0.2, 0.25) is 0 Å². The molecule has 0 aliphatic heterocycles. The highest BCUT2D eigenvalue weighted by Crippen LogP contribution is 2.21. The second-order valence-corrected chi connectivity index (χ2v) is 5.54. The zero-order valence-electron chi connectivity index (χ0n) is 9.67. The number of aryl methyl sites for hydroxylation is 2. The fourth-order valence-electron chi connectivity index (χ4n) is 1.63. The molecule has 3 nitrogen and oxygen atoms in total. The van der Waals surface area contributed by atoms with Crippen molar-refractivity contribution in [3.63, 3.8) is 0 Å². The van der Waals surface area contributed by atoms with Gasteiger partial charge in [0.25, 0.3) is 0 Å². The lowest BCUT2D eigenvalue weighted by Crippen LogP contribution is -2.05. The van der Waals surface area contributed by atoms with Gasteiger partial charge in [0.1, 0.15) is 0 Å². The second kappa shape index (κ2) is 5.23. The first-order chi connectivity index (χ1) is 8.08. The van der Waals surface area contributed by atoms with Crippen LogP contribution in [-0.2, 0) is 13.6 Å². The van der Waals surface area contributed by atoms with Crippen LogP contribution in [-0.4, -0.2) is 9.78 Å². The van der Waals surface area contributed by atoms with Crippen LogP contribution in [0.1, 0.15) is 11.4 Å². The van der Waals surface area contributed by atoms with E-state index >= 15 is 0 Å². The lowest BCUT2D eigenvalue weighted by atomic mass is 10.3. The third kappa shape index (κ3) is 2.90. The van der Waals surface area contributed by atoms with Gasteiger partial charge in [-0.15, -0.1) is 0 Å². The summed E-state index contributed by atoms with van der Waals surface area (Å²) in [5.74, 6) is 0. The van der Waals surface area contributed by atoms with E-state index in [0.717, 1.165) is 32.6 Å². The number of halogens is 2. The number of nitrogens with zero attached hydrogens (tertiary/aromatic N) is 2. The number of rotatable bonds is 3. The Morgan fingerprint density at radius 3 is 2.41 bits per heavy atom. The molecule has 0 saturated carbocycles. The molecule has 0 bridgehead atoms. The van der Waals surface area contributed by atoms with Crippen molar-refractivity contribution in [2.45, 2.75) is 13.5 Å². The number of nitrogens with one attached hydrogen (secondary N) is 1. The first-order valence-corrected chi connectivity index (χ1v) is 6.84. The summed E-state index contributed by atoms with van der Waals surface area (Å²) in [5, 5.41) is 7.73. The number of anilines is 1. The van der Waals surface area contributed by atoms with E-state index < -0.39 is 0 Å². The van der Waals surface area contributed by atoms with Crippen molar-refractivity contribution < 1.29 is 0 Å². The minimum absolute atomic E-state index is 0.750. The Labute approximate surface area is 117 Å². The SMILES string of the molecule is Cc1nn(C)c(CNc2ccc(Br)cc2)c1Br. The summed E-state index contributed by atoms with van der Waals surface area (Å²) < 4.78 is 4.05. The Kier molecular flexibility index (Phi) is 3.89. The molecule has 0 amide bonds. The standard InChI is InChI=1S/C12H13Br2N3/c1-8-12(14)11(17(2)16-8)7-15-10-5-3-9(13)4-6-10/h3-6,15H,7H2,1-2H3. The van der Waals surface area contributed by atoms with Crippen LogP contribution < -0.4 is 5.32 Å². The van der Waals surface area contributed by atoms with Crippen molar-refractivity contribution in [1.82, 2.24) is 9.78 Å². The molecule has 1 aromatic heterocycles. The number of hydrogen-bond donors (Lipinski definition) is 1. The second-order valence-electron chi connectivity index (χ2n) is 3.83. The maximum absolute atomic E-state index is 4.36. The van der Waals surface area contributed by atoms with Crippen LogP contribution in [0.25, 0.3) is 0 Å². The molecule has 0 fully saturated rings. The van der Waals surface area contributed by atoms with Gasteiger partial charge in [-0.2, -0.15) is 5.10 Å². The summed E-state index contributed by atoms with van der Waals surface area (Å²) in [6, 6.07) is 8.13. The van der Waals surface area contributed by atoms with E-state index in [-0.39, 0.29) is 0 Å². The first-order valence-electron chi connectivity index (χ1n) is 5.25. The molecule has 0 atom stereocenters. The summed E-state index contributed by atoms with van der Waals surface area (Å²) in [7, 11) is 1.95. The predicted octanol–water partition coefficient (Wildman–Crippen LogP) is 3.87. The van der Waals surface area contributed by atoms with Crippen LogP contribution in [0.15, 0.2) is 33.2 Å². The molecule has 2 aromatic rings. The summed E-state index contributed by atoms with van der Waals surface area (Å²) in [6.45, 7) is 2.74. The minimum atomic E-state index is 0.750. The molecule has 2 rings (SSSR count). The van der Waals surface area contributed by atoms with Gasteiger partial charge in [0.05, 0.1) is 22.4 Å². The molecule has 0 aliphatic carbocycles. The Bertz CT molecular complexity index is 517. The van der Waals surface area contributed by atoms with Crippen LogP contribution in [0, 0.1) is 6.92 Å². The van der Waals surface area contributed by atoms with Crippen molar-refractivity contribution >= 4 is 37.5 Å². The smallest absolute Gasteiger partial charge is 0.0739 e. The minimum Gasteiger partial charge on any atom is -0.379 e. The quantitative estimate of drug-likeness (QED) is 0.902. The number of aromatic nitrogens is 2. The van der Waals surface area contributed by atoms with E-state index in [9.17, 15) is 0 Å². The topological polar surface area (TPSA) is 29.9 Å². The first kappa shape index (κ1) is 12.6. The predicted molar refractivity (Wildman–Crippen MR) is 77.1 cm³/mol. The monoisotopic (exact) mass is 357 g/mol. The highest BCUT2D eigenvalue weighted by Gasteiger charge is 2.09. The van der Waals surface area contributed by atoms with Crippen molar-refractivity contribution in [3.8, 4) is 0 Å². The molecule has 1 heterocycles. The van der Waals surface area contributed by atoms with Crippen LogP contribution in [0.3, 0.4) is 0 Å². The van der Waals surface area contributed by atoms with Crippen molar-refractivity contribution in [1.29, 1.82) is 0 Å². The van der Waals surface area contributed by atoms with Gasteiger partial charge in [-0.25, -0.2) is 0 Å². The van der Waals surface area contributed by atoms with Crippen LogP contribution in [0.5, 0.6) is 0 Å². The Morgan fingerprint density at radius 2 is 1.88 bits per heavy atom.